The lowest BCUT2D eigenvalue weighted by molar-refractivity contribution is 0.804. The number of rotatable bonds is 6. The van der Waals surface area contributed by atoms with Gasteiger partial charge in [0.05, 0.1) is 0 Å². The summed E-state index contributed by atoms with van der Waals surface area (Å²) < 4.78 is 0. The zero-order valence-corrected chi connectivity index (χ0v) is 14.0. The van der Waals surface area contributed by atoms with Crippen molar-refractivity contribution < 1.29 is 0 Å². The molecule has 0 saturated carbocycles. The van der Waals surface area contributed by atoms with Gasteiger partial charge in [-0.05, 0) is 25.8 Å². The molecule has 0 amide bonds. The number of hydrogen-bond donors (Lipinski definition) is 1. The van der Waals surface area contributed by atoms with Crippen molar-refractivity contribution >= 4 is 17.6 Å². The Labute approximate surface area is 131 Å². The van der Waals surface area contributed by atoms with Crippen LogP contribution >= 0.6 is 11.8 Å². The highest BCUT2D eigenvalue weighted by Gasteiger charge is 2.10. The molecule has 0 bridgehead atoms. The predicted octanol–water partition coefficient (Wildman–Crippen LogP) is 4.38. The van der Waals surface area contributed by atoms with Crippen LogP contribution in [0.25, 0.3) is 0 Å². The SMILES string of the molecule is CCCc1nc(NC)c(C)c(SCc2cccc(C)c2)n1. The van der Waals surface area contributed by atoms with E-state index in [-0.39, 0.29) is 0 Å². The largest absolute Gasteiger partial charge is 0.373 e. The minimum absolute atomic E-state index is 0.924. The minimum Gasteiger partial charge on any atom is -0.373 e. The molecule has 21 heavy (non-hydrogen) atoms. The zero-order valence-electron chi connectivity index (χ0n) is 13.2. The Balaban J connectivity index is 2.20. The lowest BCUT2D eigenvalue weighted by Crippen LogP contribution is -2.04. The Kier molecular flexibility index (Phi) is 5.62. The molecule has 2 aromatic rings. The van der Waals surface area contributed by atoms with E-state index < -0.39 is 0 Å². The van der Waals surface area contributed by atoms with Crippen molar-refractivity contribution in [2.24, 2.45) is 0 Å². The molecule has 0 spiro atoms. The van der Waals surface area contributed by atoms with E-state index in [4.69, 9.17) is 4.98 Å². The number of aromatic nitrogens is 2. The van der Waals surface area contributed by atoms with Crippen molar-refractivity contribution in [2.75, 3.05) is 12.4 Å². The normalized spacial score (nSPS) is 10.7. The van der Waals surface area contributed by atoms with Crippen LogP contribution in [-0.4, -0.2) is 17.0 Å². The first-order valence-electron chi connectivity index (χ1n) is 7.37. The van der Waals surface area contributed by atoms with Gasteiger partial charge in [0.25, 0.3) is 0 Å². The molecule has 0 saturated heterocycles. The summed E-state index contributed by atoms with van der Waals surface area (Å²) in [5.41, 5.74) is 3.77. The van der Waals surface area contributed by atoms with Crippen LogP contribution in [0.15, 0.2) is 29.3 Å². The summed E-state index contributed by atoms with van der Waals surface area (Å²) in [5, 5.41) is 4.26. The molecule has 0 aliphatic heterocycles. The van der Waals surface area contributed by atoms with Crippen molar-refractivity contribution in [1.29, 1.82) is 0 Å². The van der Waals surface area contributed by atoms with Crippen LogP contribution in [0.5, 0.6) is 0 Å². The highest BCUT2D eigenvalue weighted by Crippen LogP contribution is 2.28. The van der Waals surface area contributed by atoms with E-state index in [9.17, 15) is 0 Å². The number of benzene rings is 1. The molecule has 0 atom stereocenters. The molecule has 0 aliphatic carbocycles. The van der Waals surface area contributed by atoms with Crippen LogP contribution in [0, 0.1) is 13.8 Å². The van der Waals surface area contributed by atoms with E-state index >= 15 is 0 Å². The van der Waals surface area contributed by atoms with Gasteiger partial charge >= 0.3 is 0 Å². The van der Waals surface area contributed by atoms with Crippen molar-refractivity contribution in [2.45, 2.75) is 44.4 Å². The zero-order chi connectivity index (χ0) is 15.2. The molecule has 112 valence electrons. The first-order chi connectivity index (χ1) is 10.1. The van der Waals surface area contributed by atoms with Gasteiger partial charge in [-0.3, -0.25) is 0 Å². The Bertz CT molecular complexity index is 611. The van der Waals surface area contributed by atoms with E-state index in [2.05, 4.69) is 55.3 Å². The lowest BCUT2D eigenvalue weighted by atomic mass is 10.2. The molecular weight excluding hydrogens is 278 g/mol. The second-order valence-electron chi connectivity index (χ2n) is 5.20. The molecule has 1 heterocycles. The Morgan fingerprint density at radius 1 is 1.19 bits per heavy atom. The summed E-state index contributed by atoms with van der Waals surface area (Å²) in [6.07, 6.45) is 1.99. The summed E-state index contributed by atoms with van der Waals surface area (Å²) in [6.45, 7) is 6.37. The van der Waals surface area contributed by atoms with Crippen molar-refractivity contribution in [3.8, 4) is 0 Å². The molecule has 0 fully saturated rings. The highest BCUT2D eigenvalue weighted by molar-refractivity contribution is 7.98. The Morgan fingerprint density at radius 2 is 2.00 bits per heavy atom. The van der Waals surface area contributed by atoms with Crippen LogP contribution in [0.1, 0.15) is 35.9 Å². The number of thioether (sulfide) groups is 1. The van der Waals surface area contributed by atoms with E-state index in [0.29, 0.717) is 0 Å². The molecule has 1 aromatic carbocycles. The van der Waals surface area contributed by atoms with Crippen molar-refractivity contribution in [3.05, 3.63) is 46.8 Å². The summed E-state index contributed by atoms with van der Waals surface area (Å²) in [4.78, 5) is 9.29. The van der Waals surface area contributed by atoms with Crippen LogP contribution in [-0.2, 0) is 12.2 Å². The fourth-order valence-corrected chi connectivity index (χ4v) is 3.18. The van der Waals surface area contributed by atoms with Gasteiger partial charge in [-0.1, -0.05) is 36.8 Å². The van der Waals surface area contributed by atoms with Gasteiger partial charge in [-0.2, -0.15) is 0 Å². The molecule has 3 nitrogen and oxygen atoms in total. The molecule has 4 heteroatoms. The van der Waals surface area contributed by atoms with E-state index in [1.807, 2.05) is 7.05 Å². The molecule has 1 aromatic heterocycles. The second kappa shape index (κ2) is 7.46. The van der Waals surface area contributed by atoms with Crippen LogP contribution in [0.2, 0.25) is 0 Å². The Morgan fingerprint density at radius 3 is 2.67 bits per heavy atom. The smallest absolute Gasteiger partial charge is 0.133 e. The van der Waals surface area contributed by atoms with Gasteiger partial charge in [-0.25, -0.2) is 9.97 Å². The summed E-state index contributed by atoms with van der Waals surface area (Å²) >= 11 is 1.79. The van der Waals surface area contributed by atoms with E-state index in [1.54, 1.807) is 11.8 Å². The molecule has 1 N–H and O–H groups in total. The fourth-order valence-electron chi connectivity index (χ4n) is 2.21. The number of aryl methyl sites for hydroxylation is 2. The summed E-state index contributed by atoms with van der Waals surface area (Å²) in [7, 11) is 1.92. The first-order valence-corrected chi connectivity index (χ1v) is 8.36. The summed E-state index contributed by atoms with van der Waals surface area (Å²) in [6, 6.07) is 8.64. The van der Waals surface area contributed by atoms with E-state index in [1.165, 1.54) is 11.1 Å². The lowest BCUT2D eigenvalue weighted by Gasteiger charge is -2.12. The second-order valence-corrected chi connectivity index (χ2v) is 6.16. The van der Waals surface area contributed by atoms with Gasteiger partial charge in [0, 0.05) is 24.8 Å². The van der Waals surface area contributed by atoms with Crippen molar-refractivity contribution in [1.82, 2.24) is 9.97 Å². The minimum atomic E-state index is 0.924. The third-order valence-electron chi connectivity index (χ3n) is 3.32. The monoisotopic (exact) mass is 301 g/mol. The predicted molar refractivity (Wildman–Crippen MR) is 91.1 cm³/mol. The maximum Gasteiger partial charge on any atom is 0.133 e. The molecular formula is C17H23N3S. The molecule has 0 unspecified atom stereocenters. The molecule has 2 rings (SSSR count). The van der Waals surface area contributed by atoms with Crippen molar-refractivity contribution in [3.63, 3.8) is 0 Å². The van der Waals surface area contributed by atoms with Gasteiger partial charge in [0.15, 0.2) is 0 Å². The third kappa shape index (κ3) is 4.21. The van der Waals surface area contributed by atoms with Crippen LogP contribution in [0.3, 0.4) is 0 Å². The van der Waals surface area contributed by atoms with Gasteiger partial charge in [0.2, 0.25) is 0 Å². The van der Waals surface area contributed by atoms with Gasteiger partial charge in [0.1, 0.15) is 16.7 Å². The van der Waals surface area contributed by atoms with Gasteiger partial charge in [-0.15, -0.1) is 11.8 Å². The highest BCUT2D eigenvalue weighted by atomic mass is 32.2. The number of nitrogens with zero attached hydrogens (tertiary/aromatic N) is 2. The average molecular weight is 301 g/mol. The number of hydrogen-bond acceptors (Lipinski definition) is 4. The quantitative estimate of drug-likeness (QED) is 0.634. The van der Waals surface area contributed by atoms with E-state index in [0.717, 1.165) is 40.8 Å². The summed E-state index contributed by atoms with van der Waals surface area (Å²) in [5.74, 6) is 2.81. The fraction of sp³-hybridized carbons (Fsp3) is 0.412. The standard InChI is InChI=1S/C17H23N3S/c1-5-7-15-19-16(18-4)13(3)17(20-15)21-11-14-9-6-8-12(2)10-14/h6,8-10H,5,7,11H2,1-4H3,(H,18,19,20). The molecule has 0 radical (unpaired) electrons. The molecule has 0 aliphatic rings. The topological polar surface area (TPSA) is 37.8 Å². The maximum absolute atomic E-state index is 4.72. The van der Waals surface area contributed by atoms with Gasteiger partial charge < -0.3 is 5.32 Å². The maximum atomic E-state index is 4.72. The third-order valence-corrected chi connectivity index (χ3v) is 4.46. The van der Waals surface area contributed by atoms with Crippen LogP contribution < -0.4 is 5.32 Å². The van der Waals surface area contributed by atoms with Crippen LogP contribution in [0.4, 0.5) is 5.82 Å². The number of nitrogens with one attached hydrogen (secondary N) is 1. The Hall–Kier alpha value is -1.55. The number of anilines is 1. The average Bonchev–Trinajstić information content (AvgIpc) is 2.48. The first kappa shape index (κ1) is 15.8.